The van der Waals surface area contributed by atoms with Crippen LogP contribution >= 0.6 is 0 Å². The number of likely N-dealkylation sites (N-methyl/N-ethyl adjacent to an activating group) is 1. The number of alkyl carbamates (subject to hydrolysis) is 1. The third-order valence-corrected chi connectivity index (χ3v) is 5.45. The van der Waals surface area contributed by atoms with Crippen LogP contribution in [0.25, 0.3) is 0 Å². The first-order chi connectivity index (χ1) is 14.5. The van der Waals surface area contributed by atoms with Crippen molar-refractivity contribution in [1.82, 2.24) is 15.2 Å². The molecule has 0 saturated heterocycles. The molecule has 1 heterocycles. The molecule has 0 unspecified atom stereocenters. The quantitative estimate of drug-likeness (QED) is 0.683. The van der Waals surface area contributed by atoms with E-state index in [1.54, 1.807) is 32.7 Å². The van der Waals surface area contributed by atoms with Gasteiger partial charge in [-0.1, -0.05) is 18.9 Å². The van der Waals surface area contributed by atoms with Crippen molar-refractivity contribution in [2.45, 2.75) is 83.9 Å². The fraction of sp³-hybridized carbons (Fsp3) is 0.652. The number of rotatable bonds is 7. The molecule has 1 fully saturated rings. The first-order valence-electron chi connectivity index (χ1n) is 10.9. The minimum atomic E-state index is -1.02. The van der Waals surface area contributed by atoms with Gasteiger partial charge >= 0.3 is 12.1 Å². The first kappa shape index (κ1) is 24.6. The van der Waals surface area contributed by atoms with Gasteiger partial charge in [0.2, 0.25) is 5.91 Å². The summed E-state index contributed by atoms with van der Waals surface area (Å²) in [5, 5.41) is 12.3. The van der Waals surface area contributed by atoms with Crippen molar-refractivity contribution in [3.8, 4) is 0 Å². The standard InChI is InChI=1S/C23H35N3O5/c1-15-9-8-10-17(24-15)13-16(14-20(27)28)21(29)26(5)19-12-7-6-11-18(19)25-22(30)31-23(2,3)4/h8-10,16,18-19H,6-7,11-14H2,1-5H3,(H,25,30)(H,27,28)/t16-,18+,19+/m1/s1. The van der Waals surface area contributed by atoms with E-state index >= 15 is 0 Å². The van der Waals surface area contributed by atoms with Crippen LogP contribution in [0.2, 0.25) is 0 Å². The number of amides is 2. The van der Waals surface area contributed by atoms with E-state index in [1.165, 1.54) is 0 Å². The Morgan fingerprint density at radius 1 is 1.26 bits per heavy atom. The summed E-state index contributed by atoms with van der Waals surface area (Å²) in [6.07, 6.45) is 2.86. The lowest BCUT2D eigenvalue weighted by Crippen LogP contribution is -2.55. The number of carboxylic acids is 1. The lowest BCUT2D eigenvalue weighted by Gasteiger charge is -2.39. The number of nitrogens with one attached hydrogen (secondary N) is 1. The third-order valence-electron chi connectivity index (χ3n) is 5.45. The van der Waals surface area contributed by atoms with Crippen LogP contribution in [-0.2, 0) is 20.7 Å². The summed E-state index contributed by atoms with van der Waals surface area (Å²) in [5.41, 5.74) is 0.907. The number of carbonyl (C=O) groups excluding carboxylic acids is 2. The molecule has 8 heteroatoms. The Morgan fingerprint density at radius 3 is 2.55 bits per heavy atom. The molecule has 1 aromatic rings. The maximum atomic E-state index is 13.3. The van der Waals surface area contributed by atoms with Gasteiger partial charge in [0.1, 0.15) is 5.60 Å². The number of hydrogen-bond donors (Lipinski definition) is 2. The number of aromatic nitrogens is 1. The summed E-state index contributed by atoms with van der Waals surface area (Å²) in [5.74, 6) is -1.99. The highest BCUT2D eigenvalue weighted by atomic mass is 16.6. The molecule has 8 nitrogen and oxygen atoms in total. The zero-order chi connectivity index (χ0) is 23.2. The predicted molar refractivity (Wildman–Crippen MR) is 117 cm³/mol. The average molecular weight is 434 g/mol. The molecule has 1 aromatic heterocycles. The monoisotopic (exact) mass is 433 g/mol. The Labute approximate surface area is 184 Å². The van der Waals surface area contributed by atoms with E-state index in [-0.39, 0.29) is 30.8 Å². The second-order valence-electron chi connectivity index (χ2n) is 9.32. The molecule has 0 spiro atoms. The highest BCUT2D eigenvalue weighted by Gasteiger charge is 2.36. The molecule has 2 rings (SSSR count). The molecule has 2 amide bonds. The van der Waals surface area contributed by atoms with Crippen molar-refractivity contribution in [3.63, 3.8) is 0 Å². The molecule has 0 aliphatic heterocycles. The van der Waals surface area contributed by atoms with Crippen molar-refractivity contribution in [2.75, 3.05) is 7.05 Å². The smallest absolute Gasteiger partial charge is 0.407 e. The molecule has 0 bridgehead atoms. The number of ether oxygens (including phenoxy) is 1. The number of aliphatic carboxylic acids is 1. The van der Waals surface area contributed by atoms with Crippen molar-refractivity contribution in [1.29, 1.82) is 0 Å². The summed E-state index contributed by atoms with van der Waals surface area (Å²) >= 11 is 0. The van der Waals surface area contributed by atoms with Gasteiger partial charge in [-0.25, -0.2) is 4.79 Å². The van der Waals surface area contributed by atoms with Gasteiger partial charge in [-0.3, -0.25) is 14.6 Å². The summed E-state index contributed by atoms with van der Waals surface area (Å²) in [6.45, 7) is 7.27. The molecule has 1 saturated carbocycles. The fourth-order valence-corrected chi connectivity index (χ4v) is 4.08. The number of nitrogens with zero attached hydrogens (tertiary/aromatic N) is 2. The van der Waals surface area contributed by atoms with E-state index in [4.69, 9.17) is 4.74 Å². The van der Waals surface area contributed by atoms with Crippen LogP contribution in [0.5, 0.6) is 0 Å². The van der Waals surface area contributed by atoms with Crippen LogP contribution in [0.1, 0.15) is 64.3 Å². The lowest BCUT2D eigenvalue weighted by atomic mass is 9.88. The summed E-state index contributed by atoms with van der Waals surface area (Å²) < 4.78 is 5.38. The minimum Gasteiger partial charge on any atom is -0.481 e. The maximum absolute atomic E-state index is 13.3. The Morgan fingerprint density at radius 2 is 1.94 bits per heavy atom. The summed E-state index contributed by atoms with van der Waals surface area (Å²) in [7, 11) is 1.70. The molecule has 2 N–H and O–H groups in total. The number of pyridine rings is 1. The van der Waals surface area contributed by atoms with Crippen LogP contribution in [0, 0.1) is 12.8 Å². The van der Waals surface area contributed by atoms with E-state index in [9.17, 15) is 19.5 Å². The van der Waals surface area contributed by atoms with Gasteiger partial charge in [0, 0.05) is 24.9 Å². The zero-order valence-corrected chi connectivity index (χ0v) is 19.2. The molecule has 172 valence electrons. The topological polar surface area (TPSA) is 109 Å². The molecule has 0 aromatic carbocycles. The second kappa shape index (κ2) is 10.6. The van der Waals surface area contributed by atoms with Crippen LogP contribution in [0.15, 0.2) is 18.2 Å². The maximum Gasteiger partial charge on any atom is 0.407 e. The van der Waals surface area contributed by atoms with E-state index < -0.39 is 23.6 Å². The average Bonchev–Trinajstić information content (AvgIpc) is 2.65. The molecule has 0 radical (unpaired) electrons. The van der Waals surface area contributed by atoms with Gasteiger partial charge < -0.3 is 20.1 Å². The molecule has 1 aliphatic carbocycles. The Bertz CT molecular complexity index is 790. The SMILES string of the molecule is Cc1cccc(C[C@H](CC(=O)O)C(=O)N(C)[C@H]2CCCC[C@@H]2NC(=O)OC(C)(C)C)n1. The van der Waals surface area contributed by atoms with Gasteiger partial charge in [-0.2, -0.15) is 0 Å². The second-order valence-corrected chi connectivity index (χ2v) is 9.32. The Kier molecular flexibility index (Phi) is 8.42. The van der Waals surface area contributed by atoms with Crippen molar-refractivity contribution < 1.29 is 24.2 Å². The highest BCUT2D eigenvalue weighted by Crippen LogP contribution is 2.26. The van der Waals surface area contributed by atoms with Gasteiger partial charge in [-0.15, -0.1) is 0 Å². The summed E-state index contributed by atoms with van der Waals surface area (Å²) in [4.78, 5) is 43.1. The van der Waals surface area contributed by atoms with Crippen molar-refractivity contribution in [2.24, 2.45) is 5.92 Å². The van der Waals surface area contributed by atoms with Gasteiger partial charge in [0.25, 0.3) is 0 Å². The van der Waals surface area contributed by atoms with E-state index in [2.05, 4.69) is 10.3 Å². The lowest BCUT2D eigenvalue weighted by molar-refractivity contribution is -0.145. The Balaban J connectivity index is 2.14. The summed E-state index contributed by atoms with van der Waals surface area (Å²) in [6, 6.07) is 5.07. The van der Waals surface area contributed by atoms with E-state index in [1.807, 2.05) is 25.1 Å². The molecular formula is C23H35N3O5. The minimum absolute atomic E-state index is 0.212. The normalized spacial score (nSPS) is 19.9. The van der Waals surface area contributed by atoms with Crippen LogP contribution in [0.4, 0.5) is 4.79 Å². The third kappa shape index (κ3) is 7.84. The largest absolute Gasteiger partial charge is 0.481 e. The van der Waals surface area contributed by atoms with Crippen molar-refractivity contribution in [3.05, 3.63) is 29.6 Å². The highest BCUT2D eigenvalue weighted by molar-refractivity contribution is 5.83. The number of hydrogen-bond acceptors (Lipinski definition) is 5. The number of carboxylic acid groups (broad SMARTS) is 1. The number of aryl methyl sites for hydroxylation is 1. The molecule has 3 atom stereocenters. The first-order valence-corrected chi connectivity index (χ1v) is 10.9. The number of carbonyl (C=O) groups is 3. The van der Waals surface area contributed by atoms with Crippen LogP contribution < -0.4 is 5.32 Å². The van der Waals surface area contributed by atoms with Gasteiger partial charge in [0.15, 0.2) is 0 Å². The van der Waals surface area contributed by atoms with E-state index in [0.717, 1.165) is 31.4 Å². The molecule has 1 aliphatic rings. The molecule has 31 heavy (non-hydrogen) atoms. The van der Waals surface area contributed by atoms with Crippen LogP contribution in [-0.4, -0.2) is 57.7 Å². The Hall–Kier alpha value is -2.64. The van der Waals surface area contributed by atoms with E-state index in [0.29, 0.717) is 5.69 Å². The fourth-order valence-electron chi connectivity index (χ4n) is 4.08. The van der Waals surface area contributed by atoms with Crippen LogP contribution in [0.3, 0.4) is 0 Å². The molecular weight excluding hydrogens is 398 g/mol. The van der Waals surface area contributed by atoms with Crippen molar-refractivity contribution >= 4 is 18.0 Å². The van der Waals surface area contributed by atoms with Gasteiger partial charge in [-0.05, 0) is 52.7 Å². The van der Waals surface area contributed by atoms with Gasteiger partial charge in [0.05, 0.1) is 24.4 Å². The zero-order valence-electron chi connectivity index (χ0n) is 19.2. The predicted octanol–water partition coefficient (Wildman–Crippen LogP) is 3.32.